The fraction of sp³-hybridized carbons (Fsp3) is 0.286. The third-order valence-corrected chi connectivity index (χ3v) is 3.39. The number of halogens is 2. The van der Waals surface area contributed by atoms with Gasteiger partial charge in [-0.25, -0.2) is 4.39 Å². The van der Waals surface area contributed by atoms with Gasteiger partial charge in [-0.2, -0.15) is 0 Å². The van der Waals surface area contributed by atoms with Crippen LogP contribution in [0.2, 0.25) is 0 Å². The maximum absolute atomic E-state index is 14.0. The van der Waals surface area contributed by atoms with E-state index in [2.05, 4.69) is 21.1 Å². The van der Waals surface area contributed by atoms with Crippen molar-refractivity contribution < 1.29 is 18.4 Å². The Morgan fingerprint density at radius 2 is 2.15 bits per heavy atom. The number of carbonyl (C=O) groups excluding carboxylic acids is 1. The zero-order valence-electron chi connectivity index (χ0n) is 11.3. The van der Waals surface area contributed by atoms with Crippen LogP contribution in [-0.4, -0.2) is 10.9 Å². The molecule has 4 nitrogen and oxygen atoms in total. The van der Waals surface area contributed by atoms with Crippen molar-refractivity contribution in [1.29, 1.82) is 0 Å². The first-order chi connectivity index (χ1) is 9.40. The van der Waals surface area contributed by atoms with Crippen LogP contribution in [0.5, 0.6) is 5.75 Å². The number of ketones is 1. The summed E-state index contributed by atoms with van der Waals surface area (Å²) in [7, 11) is 0. The Labute approximate surface area is 124 Å². The molecule has 2 aromatic rings. The molecule has 0 unspecified atom stereocenters. The molecule has 1 heterocycles. The van der Waals surface area contributed by atoms with E-state index in [4.69, 9.17) is 9.26 Å². The van der Waals surface area contributed by atoms with Gasteiger partial charge < -0.3 is 9.26 Å². The number of Topliss-reactive ketones (excluding diaryl/α,β-unsaturated/α-hetero) is 1. The zero-order valence-corrected chi connectivity index (χ0v) is 12.9. The number of hydrogen-bond acceptors (Lipinski definition) is 4. The van der Waals surface area contributed by atoms with Crippen molar-refractivity contribution in [2.45, 2.75) is 27.4 Å². The number of rotatable bonds is 4. The van der Waals surface area contributed by atoms with Crippen LogP contribution in [0, 0.1) is 19.7 Å². The van der Waals surface area contributed by atoms with Crippen molar-refractivity contribution in [1.82, 2.24) is 5.16 Å². The Kier molecular flexibility index (Phi) is 4.23. The normalized spacial score (nSPS) is 10.7. The summed E-state index contributed by atoms with van der Waals surface area (Å²) in [5.41, 5.74) is 1.63. The standard InChI is InChI=1S/C14H13BrFNO3/c1-7-12(9(3)20-17-7)6-19-14-11(8(2)18)4-10(15)5-13(14)16/h4-5H,6H2,1-3H3. The summed E-state index contributed by atoms with van der Waals surface area (Å²) in [4.78, 5) is 11.6. The molecule has 0 saturated heterocycles. The van der Waals surface area contributed by atoms with E-state index in [0.29, 0.717) is 15.9 Å². The molecule has 6 heteroatoms. The highest BCUT2D eigenvalue weighted by Gasteiger charge is 2.17. The molecule has 1 aromatic heterocycles. The summed E-state index contributed by atoms with van der Waals surface area (Å²) >= 11 is 3.16. The molecule has 0 N–H and O–H groups in total. The maximum Gasteiger partial charge on any atom is 0.166 e. The largest absolute Gasteiger partial charge is 0.485 e. The second-order valence-electron chi connectivity index (χ2n) is 4.41. The first kappa shape index (κ1) is 14.7. The second-order valence-corrected chi connectivity index (χ2v) is 5.33. The SMILES string of the molecule is CC(=O)c1cc(Br)cc(F)c1OCc1c(C)noc1C. The lowest BCUT2D eigenvalue weighted by Gasteiger charge is -2.11. The van der Waals surface area contributed by atoms with Crippen molar-refractivity contribution in [3.8, 4) is 5.75 Å². The van der Waals surface area contributed by atoms with Gasteiger partial charge in [-0.1, -0.05) is 21.1 Å². The average Bonchev–Trinajstić information content (AvgIpc) is 2.67. The molecule has 0 saturated carbocycles. The fourth-order valence-electron chi connectivity index (χ4n) is 1.82. The van der Waals surface area contributed by atoms with Crippen LogP contribution in [0.3, 0.4) is 0 Å². The Balaban J connectivity index is 2.32. The number of nitrogens with zero attached hydrogens (tertiary/aromatic N) is 1. The van der Waals surface area contributed by atoms with Gasteiger partial charge in [0.05, 0.1) is 16.8 Å². The van der Waals surface area contributed by atoms with Gasteiger partial charge in [-0.3, -0.25) is 4.79 Å². The van der Waals surface area contributed by atoms with E-state index in [9.17, 15) is 9.18 Å². The minimum absolute atomic E-state index is 0.0549. The fourth-order valence-corrected chi connectivity index (χ4v) is 2.25. The van der Waals surface area contributed by atoms with Gasteiger partial charge >= 0.3 is 0 Å². The van der Waals surface area contributed by atoms with E-state index >= 15 is 0 Å². The lowest BCUT2D eigenvalue weighted by molar-refractivity contribution is 0.101. The molecule has 0 aliphatic carbocycles. The smallest absolute Gasteiger partial charge is 0.166 e. The Morgan fingerprint density at radius 1 is 1.45 bits per heavy atom. The molecule has 0 aliphatic heterocycles. The first-order valence-electron chi connectivity index (χ1n) is 5.94. The molecule has 0 spiro atoms. The molecule has 106 valence electrons. The van der Waals surface area contributed by atoms with Gasteiger partial charge in [0.15, 0.2) is 17.3 Å². The number of aryl methyl sites for hydroxylation is 2. The molecule has 0 fully saturated rings. The van der Waals surface area contributed by atoms with E-state index in [1.54, 1.807) is 13.8 Å². The van der Waals surface area contributed by atoms with Crippen LogP contribution in [0.25, 0.3) is 0 Å². The van der Waals surface area contributed by atoms with Crippen LogP contribution in [-0.2, 0) is 6.61 Å². The minimum atomic E-state index is -0.587. The summed E-state index contributed by atoms with van der Waals surface area (Å²) in [6, 6.07) is 2.79. The molecular formula is C14H13BrFNO3. The molecule has 0 atom stereocenters. The molecule has 0 amide bonds. The van der Waals surface area contributed by atoms with Crippen molar-refractivity contribution in [3.63, 3.8) is 0 Å². The highest BCUT2D eigenvalue weighted by Crippen LogP contribution is 2.29. The molecule has 0 aliphatic rings. The lowest BCUT2D eigenvalue weighted by atomic mass is 10.1. The first-order valence-corrected chi connectivity index (χ1v) is 6.74. The van der Waals surface area contributed by atoms with Gasteiger partial charge in [0, 0.05) is 4.47 Å². The molecule has 2 rings (SSSR count). The van der Waals surface area contributed by atoms with Gasteiger partial charge in [-0.15, -0.1) is 0 Å². The van der Waals surface area contributed by atoms with Crippen molar-refractivity contribution in [2.75, 3.05) is 0 Å². The molecule has 20 heavy (non-hydrogen) atoms. The number of aromatic nitrogens is 1. The molecule has 1 aromatic carbocycles. The summed E-state index contributed by atoms with van der Waals surface area (Å²) in [6.45, 7) is 4.99. The van der Waals surface area contributed by atoms with Gasteiger partial charge in [-0.05, 0) is 32.9 Å². The number of hydrogen-bond donors (Lipinski definition) is 0. The van der Waals surface area contributed by atoms with Crippen LogP contribution in [0.4, 0.5) is 4.39 Å². The third kappa shape index (κ3) is 2.90. The lowest BCUT2D eigenvalue weighted by Crippen LogP contribution is -2.05. The molecule has 0 radical (unpaired) electrons. The molecule has 0 bridgehead atoms. The van der Waals surface area contributed by atoms with Crippen LogP contribution in [0.15, 0.2) is 21.1 Å². The van der Waals surface area contributed by atoms with E-state index in [-0.39, 0.29) is 23.7 Å². The Bertz CT molecular complexity index is 647. The van der Waals surface area contributed by atoms with Gasteiger partial charge in [0.2, 0.25) is 0 Å². The predicted molar refractivity (Wildman–Crippen MR) is 74.4 cm³/mol. The highest BCUT2D eigenvalue weighted by molar-refractivity contribution is 9.10. The summed E-state index contributed by atoms with van der Waals surface area (Å²) in [5.74, 6) is -0.291. The number of carbonyl (C=O) groups is 1. The van der Waals surface area contributed by atoms with Crippen LogP contribution in [0.1, 0.15) is 34.3 Å². The van der Waals surface area contributed by atoms with Crippen molar-refractivity contribution in [3.05, 3.63) is 45.0 Å². The minimum Gasteiger partial charge on any atom is -0.485 e. The summed E-state index contributed by atoms with van der Waals surface area (Å²) in [6.07, 6.45) is 0. The quantitative estimate of drug-likeness (QED) is 0.789. The molecular weight excluding hydrogens is 329 g/mol. The highest BCUT2D eigenvalue weighted by atomic mass is 79.9. The number of ether oxygens (including phenoxy) is 1. The van der Waals surface area contributed by atoms with Crippen molar-refractivity contribution >= 4 is 21.7 Å². The van der Waals surface area contributed by atoms with Gasteiger partial charge in [0.1, 0.15) is 12.4 Å². The van der Waals surface area contributed by atoms with E-state index in [1.807, 2.05) is 0 Å². The van der Waals surface area contributed by atoms with E-state index in [1.165, 1.54) is 19.1 Å². The Hall–Kier alpha value is -1.69. The van der Waals surface area contributed by atoms with Crippen LogP contribution < -0.4 is 4.74 Å². The van der Waals surface area contributed by atoms with E-state index < -0.39 is 5.82 Å². The van der Waals surface area contributed by atoms with Crippen molar-refractivity contribution in [2.24, 2.45) is 0 Å². The zero-order chi connectivity index (χ0) is 14.9. The van der Waals surface area contributed by atoms with Gasteiger partial charge in [0.25, 0.3) is 0 Å². The summed E-state index contributed by atoms with van der Waals surface area (Å²) in [5, 5.41) is 3.80. The monoisotopic (exact) mass is 341 g/mol. The second kappa shape index (κ2) is 5.75. The topological polar surface area (TPSA) is 52.3 Å². The Morgan fingerprint density at radius 3 is 2.70 bits per heavy atom. The van der Waals surface area contributed by atoms with Crippen LogP contribution >= 0.6 is 15.9 Å². The number of benzene rings is 1. The van der Waals surface area contributed by atoms with E-state index in [0.717, 1.165) is 5.56 Å². The maximum atomic E-state index is 14.0. The predicted octanol–water partition coefficient (Wildman–Crippen LogP) is 3.97. The average molecular weight is 342 g/mol. The third-order valence-electron chi connectivity index (χ3n) is 2.93. The summed E-state index contributed by atoms with van der Waals surface area (Å²) < 4.78 is 24.9.